The lowest BCUT2D eigenvalue weighted by Crippen LogP contribution is -2.12. The molecule has 1 aromatic heterocycles. The van der Waals surface area contributed by atoms with Crippen molar-refractivity contribution in [2.24, 2.45) is 5.73 Å². The summed E-state index contributed by atoms with van der Waals surface area (Å²) in [4.78, 5) is 15.8. The first-order valence-electron chi connectivity index (χ1n) is 8.16. The van der Waals surface area contributed by atoms with Crippen molar-refractivity contribution in [1.82, 2.24) is 4.98 Å². The zero-order valence-electron chi connectivity index (χ0n) is 14.6. The van der Waals surface area contributed by atoms with Crippen molar-refractivity contribution >= 4 is 17.5 Å². The first-order valence-corrected chi connectivity index (χ1v) is 8.54. The van der Waals surface area contributed by atoms with Gasteiger partial charge in [0.25, 0.3) is 0 Å². The summed E-state index contributed by atoms with van der Waals surface area (Å²) in [5, 5.41) is 9.43. The Bertz CT molecular complexity index is 1060. The van der Waals surface area contributed by atoms with Crippen molar-refractivity contribution in [2.75, 3.05) is 0 Å². The maximum atomic E-state index is 11.4. The smallest absolute Gasteiger partial charge is 0.248 e. The fraction of sp³-hybridized carbons (Fsp3) is 0.0952. The van der Waals surface area contributed by atoms with E-state index in [1.165, 1.54) is 0 Å². The van der Waals surface area contributed by atoms with E-state index in [1.807, 2.05) is 37.3 Å². The maximum absolute atomic E-state index is 11.4. The molecular formula is C21H16ClN3O2. The number of halogens is 1. The summed E-state index contributed by atoms with van der Waals surface area (Å²) < 4.78 is 5.76. The van der Waals surface area contributed by atoms with Crippen LogP contribution in [0.1, 0.15) is 27.0 Å². The van der Waals surface area contributed by atoms with E-state index in [9.17, 15) is 4.79 Å². The van der Waals surface area contributed by atoms with Crippen LogP contribution in [0.4, 0.5) is 0 Å². The summed E-state index contributed by atoms with van der Waals surface area (Å²) in [6.07, 6.45) is 1.70. The van der Waals surface area contributed by atoms with Gasteiger partial charge in [-0.2, -0.15) is 5.26 Å². The van der Waals surface area contributed by atoms with Gasteiger partial charge in [0.2, 0.25) is 5.91 Å². The van der Waals surface area contributed by atoms with E-state index in [-0.39, 0.29) is 0 Å². The van der Waals surface area contributed by atoms with Crippen molar-refractivity contribution in [3.05, 3.63) is 82.0 Å². The number of benzene rings is 2. The van der Waals surface area contributed by atoms with Crippen LogP contribution in [-0.2, 0) is 6.61 Å². The highest BCUT2D eigenvalue weighted by molar-refractivity contribution is 6.31. The highest BCUT2D eigenvalue weighted by atomic mass is 35.5. The van der Waals surface area contributed by atoms with Crippen molar-refractivity contribution in [3.63, 3.8) is 0 Å². The van der Waals surface area contributed by atoms with Gasteiger partial charge in [-0.1, -0.05) is 17.7 Å². The monoisotopic (exact) mass is 377 g/mol. The molecule has 0 radical (unpaired) electrons. The van der Waals surface area contributed by atoms with E-state index in [0.29, 0.717) is 28.5 Å². The van der Waals surface area contributed by atoms with Gasteiger partial charge in [-0.15, -0.1) is 0 Å². The van der Waals surface area contributed by atoms with Gasteiger partial charge in [-0.05, 0) is 60.5 Å². The third kappa shape index (κ3) is 4.25. The van der Waals surface area contributed by atoms with Crippen LogP contribution in [-0.4, -0.2) is 10.9 Å². The summed E-state index contributed by atoms with van der Waals surface area (Å²) in [6, 6.07) is 16.2. The number of aryl methyl sites for hydroxylation is 1. The van der Waals surface area contributed by atoms with Gasteiger partial charge in [0.05, 0.1) is 16.3 Å². The number of nitriles is 1. The van der Waals surface area contributed by atoms with E-state index >= 15 is 0 Å². The summed E-state index contributed by atoms with van der Waals surface area (Å²) >= 11 is 5.93. The Morgan fingerprint density at radius 2 is 2.04 bits per heavy atom. The average molecular weight is 378 g/mol. The van der Waals surface area contributed by atoms with Crippen molar-refractivity contribution in [2.45, 2.75) is 13.5 Å². The second-order valence-corrected chi connectivity index (χ2v) is 6.39. The number of primary amides is 1. The second kappa shape index (κ2) is 7.90. The topological polar surface area (TPSA) is 89.0 Å². The third-order valence-corrected chi connectivity index (χ3v) is 4.41. The summed E-state index contributed by atoms with van der Waals surface area (Å²) in [7, 11) is 0. The summed E-state index contributed by atoms with van der Waals surface area (Å²) in [5.74, 6) is 0.116. The van der Waals surface area contributed by atoms with Gasteiger partial charge in [0.15, 0.2) is 0 Å². The minimum Gasteiger partial charge on any atom is -0.489 e. The Kier molecular flexibility index (Phi) is 5.39. The lowest BCUT2D eigenvalue weighted by Gasteiger charge is -2.09. The lowest BCUT2D eigenvalue weighted by atomic mass is 10.0. The molecule has 0 aliphatic rings. The van der Waals surface area contributed by atoms with Crippen LogP contribution in [0, 0.1) is 18.3 Å². The van der Waals surface area contributed by atoms with Gasteiger partial charge >= 0.3 is 0 Å². The molecule has 3 aromatic rings. The van der Waals surface area contributed by atoms with Crippen molar-refractivity contribution < 1.29 is 9.53 Å². The number of aromatic nitrogens is 1. The van der Waals surface area contributed by atoms with Gasteiger partial charge in [-0.25, -0.2) is 0 Å². The molecule has 5 nitrogen and oxygen atoms in total. The molecule has 3 rings (SSSR count). The van der Waals surface area contributed by atoms with Crippen molar-refractivity contribution in [3.8, 4) is 23.1 Å². The Hall–Kier alpha value is -3.36. The Balaban J connectivity index is 1.79. The van der Waals surface area contributed by atoms with Crippen LogP contribution in [0.2, 0.25) is 5.02 Å². The number of carbonyl (C=O) groups is 1. The maximum Gasteiger partial charge on any atom is 0.248 e. The van der Waals surface area contributed by atoms with E-state index in [2.05, 4.69) is 4.98 Å². The minimum absolute atomic E-state index is 0.320. The van der Waals surface area contributed by atoms with Gasteiger partial charge in [0.1, 0.15) is 18.4 Å². The molecule has 0 fully saturated rings. The summed E-state index contributed by atoms with van der Waals surface area (Å²) in [6.45, 7) is 2.16. The Morgan fingerprint density at radius 1 is 1.22 bits per heavy atom. The lowest BCUT2D eigenvalue weighted by molar-refractivity contribution is 0.0999. The first kappa shape index (κ1) is 18.4. The molecule has 0 spiro atoms. The van der Waals surface area contributed by atoms with Crippen LogP contribution >= 0.6 is 11.6 Å². The fourth-order valence-electron chi connectivity index (χ4n) is 2.67. The number of hydrogen-bond acceptors (Lipinski definition) is 4. The minimum atomic E-state index is -0.450. The number of ether oxygens (including phenoxy) is 1. The molecule has 0 unspecified atom stereocenters. The molecule has 134 valence electrons. The van der Waals surface area contributed by atoms with Crippen LogP contribution < -0.4 is 10.5 Å². The predicted octanol–water partition coefficient (Wildman–Crippen LogP) is 4.26. The van der Waals surface area contributed by atoms with Crippen LogP contribution in [0.3, 0.4) is 0 Å². The number of hydrogen-bond donors (Lipinski definition) is 1. The number of pyridine rings is 1. The Labute approximate surface area is 162 Å². The molecular weight excluding hydrogens is 362 g/mol. The summed E-state index contributed by atoms with van der Waals surface area (Å²) in [5.41, 5.74) is 9.59. The zero-order valence-corrected chi connectivity index (χ0v) is 15.3. The highest BCUT2D eigenvalue weighted by Gasteiger charge is 2.08. The molecule has 0 saturated carbocycles. The highest BCUT2D eigenvalue weighted by Crippen LogP contribution is 2.24. The molecule has 2 aromatic carbocycles. The Morgan fingerprint density at radius 3 is 2.74 bits per heavy atom. The molecule has 27 heavy (non-hydrogen) atoms. The molecule has 1 amide bonds. The molecule has 0 aliphatic carbocycles. The fourth-order valence-corrected chi connectivity index (χ4v) is 2.83. The largest absolute Gasteiger partial charge is 0.489 e. The van der Waals surface area contributed by atoms with Gasteiger partial charge in [-0.3, -0.25) is 9.78 Å². The van der Waals surface area contributed by atoms with E-state index < -0.39 is 5.91 Å². The average Bonchev–Trinajstić information content (AvgIpc) is 2.67. The number of rotatable bonds is 5. The van der Waals surface area contributed by atoms with Gasteiger partial charge in [0, 0.05) is 17.3 Å². The first-order chi connectivity index (χ1) is 13.0. The molecule has 0 bridgehead atoms. The normalized spacial score (nSPS) is 10.3. The van der Waals surface area contributed by atoms with E-state index in [4.69, 9.17) is 27.3 Å². The SMILES string of the molecule is Cc1cc(-c2cc(COc3ccc(Cl)c(C#N)c3)ccn2)ccc1C(N)=O. The van der Waals surface area contributed by atoms with Crippen LogP contribution in [0.5, 0.6) is 5.75 Å². The predicted molar refractivity (Wildman–Crippen MR) is 103 cm³/mol. The zero-order chi connectivity index (χ0) is 19.4. The van der Waals surface area contributed by atoms with Crippen LogP contribution in [0.25, 0.3) is 11.3 Å². The number of amides is 1. The third-order valence-electron chi connectivity index (χ3n) is 4.08. The molecule has 2 N–H and O–H groups in total. The quantitative estimate of drug-likeness (QED) is 0.719. The van der Waals surface area contributed by atoms with E-state index in [0.717, 1.165) is 22.4 Å². The number of carbonyl (C=O) groups excluding carboxylic acids is 1. The van der Waals surface area contributed by atoms with Crippen molar-refractivity contribution in [1.29, 1.82) is 5.26 Å². The van der Waals surface area contributed by atoms with E-state index in [1.54, 1.807) is 30.5 Å². The van der Waals surface area contributed by atoms with Gasteiger partial charge < -0.3 is 10.5 Å². The molecule has 0 atom stereocenters. The number of nitrogens with two attached hydrogens (primary N) is 1. The standard InChI is InChI=1S/C21H16ClN3O2/c1-13-8-15(2-4-18(13)21(24)26)20-9-14(6-7-25-20)12-27-17-3-5-19(22)16(10-17)11-23/h2-10H,12H2,1H3,(H2,24,26). The molecule has 0 aliphatic heterocycles. The van der Waals surface area contributed by atoms with Crippen LogP contribution in [0.15, 0.2) is 54.7 Å². The second-order valence-electron chi connectivity index (χ2n) is 5.99. The molecule has 1 heterocycles. The molecule has 0 saturated heterocycles. The molecule has 6 heteroatoms. The number of nitrogens with zero attached hydrogens (tertiary/aromatic N) is 2.